The lowest BCUT2D eigenvalue weighted by Gasteiger charge is -2.38. The Kier molecular flexibility index (Phi) is 15.5. The maximum absolute atomic E-state index is 12.5. The SMILES string of the molecule is C=C(CO)C(=O)OCC(COC(=O)C(C)(C)CO)C1CCC(COC2CCC(C3CCC(CCCCC)CC3)CC2)CC1. The molecule has 0 amide bonds. The lowest BCUT2D eigenvalue weighted by atomic mass is 9.70. The molecule has 0 bridgehead atoms. The molecule has 2 N–H and O–H groups in total. The van der Waals surface area contributed by atoms with E-state index in [1.54, 1.807) is 13.8 Å². The average molecular weight is 607 g/mol. The molecule has 0 heterocycles. The summed E-state index contributed by atoms with van der Waals surface area (Å²) >= 11 is 0. The number of carbonyl (C=O) groups is 2. The van der Waals surface area contributed by atoms with Crippen molar-refractivity contribution in [3.05, 3.63) is 12.2 Å². The lowest BCUT2D eigenvalue weighted by molar-refractivity contribution is -0.159. The van der Waals surface area contributed by atoms with Gasteiger partial charge in [-0.1, -0.05) is 52.0 Å². The maximum Gasteiger partial charge on any atom is 0.335 e. The second-order valence-electron chi connectivity index (χ2n) is 14.7. The molecule has 248 valence electrons. The van der Waals surface area contributed by atoms with Crippen LogP contribution in [0.3, 0.4) is 0 Å². The van der Waals surface area contributed by atoms with Gasteiger partial charge in [0, 0.05) is 12.5 Å². The Hall–Kier alpha value is -1.44. The topological polar surface area (TPSA) is 102 Å². The molecule has 0 saturated heterocycles. The Bertz CT molecular complexity index is 831. The Balaban J connectivity index is 1.37. The van der Waals surface area contributed by atoms with Gasteiger partial charge >= 0.3 is 11.9 Å². The van der Waals surface area contributed by atoms with Crippen LogP contribution in [-0.4, -0.2) is 61.3 Å². The highest BCUT2D eigenvalue weighted by Gasteiger charge is 2.34. The van der Waals surface area contributed by atoms with Crippen LogP contribution in [0.2, 0.25) is 0 Å². The number of aliphatic hydroxyl groups is 2. The van der Waals surface area contributed by atoms with Gasteiger partial charge in [-0.25, -0.2) is 4.79 Å². The molecule has 3 saturated carbocycles. The van der Waals surface area contributed by atoms with Crippen LogP contribution in [0.5, 0.6) is 0 Å². The molecule has 0 aromatic heterocycles. The molecule has 1 atom stereocenters. The molecule has 7 heteroatoms. The summed E-state index contributed by atoms with van der Waals surface area (Å²) in [4.78, 5) is 24.6. The molecule has 43 heavy (non-hydrogen) atoms. The second-order valence-corrected chi connectivity index (χ2v) is 14.7. The van der Waals surface area contributed by atoms with E-state index in [0.717, 1.165) is 50.0 Å². The number of hydrogen-bond acceptors (Lipinski definition) is 7. The van der Waals surface area contributed by atoms with Gasteiger partial charge in [-0.3, -0.25) is 4.79 Å². The van der Waals surface area contributed by atoms with Crippen molar-refractivity contribution in [3.8, 4) is 0 Å². The van der Waals surface area contributed by atoms with E-state index in [0.29, 0.717) is 12.0 Å². The third-order valence-corrected chi connectivity index (χ3v) is 10.9. The van der Waals surface area contributed by atoms with Gasteiger partial charge in [0.25, 0.3) is 0 Å². The van der Waals surface area contributed by atoms with Crippen molar-refractivity contribution in [2.75, 3.05) is 33.0 Å². The minimum absolute atomic E-state index is 0.0113. The zero-order valence-electron chi connectivity index (χ0n) is 27.5. The highest BCUT2D eigenvalue weighted by Crippen LogP contribution is 2.42. The van der Waals surface area contributed by atoms with Gasteiger partial charge < -0.3 is 24.4 Å². The molecule has 3 fully saturated rings. The third kappa shape index (κ3) is 11.8. The van der Waals surface area contributed by atoms with E-state index in [1.165, 1.54) is 77.0 Å². The van der Waals surface area contributed by atoms with E-state index < -0.39 is 24.0 Å². The van der Waals surface area contributed by atoms with Crippen LogP contribution in [0.25, 0.3) is 0 Å². The smallest absolute Gasteiger partial charge is 0.335 e. The molecule has 0 aromatic carbocycles. The molecule has 0 aromatic rings. The van der Waals surface area contributed by atoms with Crippen LogP contribution in [0.15, 0.2) is 12.2 Å². The highest BCUT2D eigenvalue weighted by atomic mass is 16.5. The first-order valence-corrected chi connectivity index (χ1v) is 17.5. The summed E-state index contributed by atoms with van der Waals surface area (Å²) < 4.78 is 17.5. The van der Waals surface area contributed by atoms with E-state index >= 15 is 0 Å². The number of unbranched alkanes of at least 4 members (excludes halogenated alkanes) is 2. The van der Waals surface area contributed by atoms with E-state index in [4.69, 9.17) is 14.2 Å². The van der Waals surface area contributed by atoms with Gasteiger partial charge in [-0.15, -0.1) is 0 Å². The van der Waals surface area contributed by atoms with Crippen LogP contribution < -0.4 is 0 Å². The first kappa shape index (κ1) is 36.0. The molecular weight excluding hydrogens is 544 g/mol. The fraction of sp³-hybridized carbons (Fsp3) is 0.889. The summed E-state index contributed by atoms with van der Waals surface area (Å²) in [7, 11) is 0. The number of ether oxygens (including phenoxy) is 3. The van der Waals surface area contributed by atoms with Gasteiger partial charge in [-0.05, 0) is 108 Å². The van der Waals surface area contributed by atoms with Gasteiger partial charge in [0.15, 0.2) is 0 Å². The fourth-order valence-electron chi connectivity index (χ4n) is 7.57. The molecule has 1 unspecified atom stereocenters. The molecule has 0 radical (unpaired) electrons. The third-order valence-electron chi connectivity index (χ3n) is 10.9. The highest BCUT2D eigenvalue weighted by molar-refractivity contribution is 5.87. The summed E-state index contributed by atoms with van der Waals surface area (Å²) in [5, 5.41) is 18.7. The molecule has 0 aliphatic heterocycles. The number of aliphatic hydroxyl groups excluding tert-OH is 2. The largest absolute Gasteiger partial charge is 0.465 e. The van der Waals surface area contributed by atoms with Gasteiger partial charge in [0.05, 0.1) is 43.5 Å². The summed E-state index contributed by atoms with van der Waals surface area (Å²) in [6.45, 7) is 9.45. The van der Waals surface area contributed by atoms with Crippen LogP contribution in [0.1, 0.15) is 124 Å². The lowest BCUT2D eigenvalue weighted by Crippen LogP contribution is -2.35. The fourth-order valence-corrected chi connectivity index (χ4v) is 7.57. The monoisotopic (exact) mass is 606 g/mol. The minimum Gasteiger partial charge on any atom is -0.465 e. The Morgan fingerprint density at radius 2 is 1.40 bits per heavy atom. The maximum atomic E-state index is 12.5. The van der Waals surface area contributed by atoms with Crippen LogP contribution in [0, 0.1) is 40.9 Å². The summed E-state index contributed by atoms with van der Waals surface area (Å²) in [5.41, 5.74) is -0.967. The zero-order chi connectivity index (χ0) is 31.2. The predicted molar refractivity (Wildman–Crippen MR) is 169 cm³/mol. The zero-order valence-corrected chi connectivity index (χ0v) is 27.5. The first-order valence-electron chi connectivity index (χ1n) is 17.5. The van der Waals surface area contributed by atoms with Crippen LogP contribution >= 0.6 is 0 Å². The van der Waals surface area contributed by atoms with Crippen molar-refractivity contribution in [1.82, 2.24) is 0 Å². The molecule has 3 aliphatic rings. The van der Waals surface area contributed by atoms with Crippen molar-refractivity contribution in [3.63, 3.8) is 0 Å². The number of esters is 2. The minimum atomic E-state index is -0.978. The van der Waals surface area contributed by atoms with Gasteiger partial charge in [0.1, 0.15) is 0 Å². The van der Waals surface area contributed by atoms with Crippen molar-refractivity contribution in [1.29, 1.82) is 0 Å². The number of rotatable bonds is 17. The van der Waals surface area contributed by atoms with E-state index in [2.05, 4.69) is 13.5 Å². The first-order chi connectivity index (χ1) is 20.7. The second kappa shape index (κ2) is 18.5. The van der Waals surface area contributed by atoms with Crippen LogP contribution in [-0.2, 0) is 23.8 Å². The molecule has 3 rings (SSSR count). The number of hydrogen-bond donors (Lipinski definition) is 2. The summed E-state index contributed by atoms with van der Waals surface area (Å²) in [5.74, 6) is 2.41. The predicted octanol–water partition coefficient (Wildman–Crippen LogP) is 7.02. The van der Waals surface area contributed by atoms with Gasteiger partial charge in [0.2, 0.25) is 0 Å². The molecule has 7 nitrogen and oxygen atoms in total. The van der Waals surface area contributed by atoms with E-state index in [1.807, 2.05) is 0 Å². The molecule has 3 aliphatic carbocycles. The Labute approximate surface area is 261 Å². The van der Waals surface area contributed by atoms with Gasteiger partial charge in [-0.2, -0.15) is 0 Å². The number of carbonyl (C=O) groups excluding carboxylic acids is 2. The Morgan fingerprint density at radius 3 is 1.98 bits per heavy atom. The Morgan fingerprint density at radius 1 is 0.814 bits per heavy atom. The quantitative estimate of drug-likeness (QED) is 0.104. The standard InChI is InChI=1S/C36H62O7/c1-5-6-7-8-27-9-13-29(14-10-27)30-17-19-33(20-18-30)41-22-28-11-15-31(16-12-28)32(23-42-34(39)26(2)21-37)24-43-35(40)36(3,4)25-38/h27-33,37-38H,2,5-25H2,1,3-4H3. The summed E-state index contributed by atoms with van der Waals surface area (Å²) in [6.07, 6.45) is 20.9. The molecule has 0 spiro atoms. The van der Waals surface area contributed by atoms with Crippen molar-refractivity contribution >= 4 is 11.9 Å². The van der Waals surface area contributed by atoms with Crippen molar-refractivity contribution in [2.24, 2.45) is 40.9 Å². The van der Waals surface area contributed by atoms with Crippen molar-refractivity contribution in [2.45, 2.75) is 130 Å². The van der Waals surface area contributed by atoms with Crippen molar-refractivity contribution < 1.29 is 34.0 Å². The van der Waals surface area contributed by atoms with E-state index in [9.17, 15) is 19.8 Å². The molecular formula is C36H62O7. The van der Waals surface area contributed by atoms with Crippen LogP contribution in [0.4, 0.5) is 0 Å². The normalized spacial score (nSPS) is 29.0. The van der Waals surface area contributed by atoms with E-state index in [-0.39, 0.29) is 37.2 Å². The average Bonchev–Trinajstić information content (AvgIpc) is 3.04. The summed E-state index contributed by atoms with van der Waals surface area (Å²) in [6, 6.07) is 0.